The van der Waals surface area contributed by atoms with Gasteiger partial charge in [-0.1, -0.05) is 0 Å². The number of piperidine rings is 1. The number of methoxy groups -OCH3 is 1. The molecule has 0 spiro atoms. The standard InChI is InChI=1S/C24H25N5O6/c1-35-18-4-2-16(3-5-18)19-6-9-22(30)28(25-19)14-23(31)26-11-15-10-17(13-26)20-7-8-21(29(33)34)24(32)27(20)12-15/h2-9,15,17,29,33H,10-14H2,1H3. The first-order valence-electron chi connectivity index (χ1n) is 11.3. The van der Waals surface area contributed by atoms with Crippen molar-refractivity contribution < 1.29 is 20.0 Å². The Morgan fingerprint density at radius 3 is 2.60 bits per heavy atom. The van der Waals surface area contributed by atoms with Crippen molar-refractivity contribution in [3.8, 4) is 17.0 Å². The molecule has 2 bridgehead atoms. The summed E-state index contributed by atoms with van der Waals surface area (Å²) in [6.07, 6.45) is 0.820. The van der Waals surface area contributed by atoms with Crippen LogP contribution < -0.4 is 21.1 Å². The molecule has 182 valence electrons. The van der Waals surface area contributed by atoms with Crippen LogP contribution in [0, 0.1) is 11.1 Å². The van der Waals surface area contributed by atoms with E-state index in [2.05, 4.69) is 5.10 Å². The summed E-state index contributed by atoms with van der Waals surface area (Å²) in [5.41, 5.74) is 0.983. The summed E-state index contributed by atoms with van der Waals surface area (Å²) in [6.45, 7) is 1.01. The Kier molecular flexibility index (Phi) is 5.97. The maximum atomic E-state index is 13.2. The molecule has 2 aromatic heterocycles. The van der Waals surface area contributed by atoms with E-state index in [1.54, 1.807) is 36.3 Å². The van der Waals surface area contributed by atoms with Gasteiger partial charge in [0, 0.05) is 48.9 Å². The minimum absolute atomic E-state index is 0.0299. The van der Waals surface area contributed by atoms with E-state index < -0.39 is 10.8 Å². The zero-order valence-corrected chi connectivity index (χ0v) is 19.1. The van der Waals surface area contributed by atoms with Crippen LogP contribution in [0.25, 0.3) is 11.3 Å². The molecule has 1 fully saturated rings. The number of ether oxygens (including phenoxy) is 1. The quantitative estimate of drug-likeness (QED) is 0.497. The normalized spacial score (nSPS) is 19.7. The zero-order valence-electron chi connectivity index (χ0n) is 19.1. The smallest absolute Gasteiger partial charge is 0.315 e. The lowest BCUT2D eigenvalue weighted by Crippen LogP contribution is -3.00. The average molecular weight is 479 g/mol. The van der Waals surface area contributed by atoms with Crippen molar-refractivity contribution in [3.63, 3.8) is 0 Å². The second-order valence-electron chi connectivity index (χ2n) is 8.93. The molecule has 11 nitrogen and oxygen atoms in total. The van der Waals surface area contributed by atoms with Gasteiger partial charge in [0.2, 0.25) is 11.6 Å². The Balaban J connectivity index is 1.35. The van der Waals surface area contributed by atoms with Crippen molar-refractivity contribution in [2.75, 3.05) is 20.2 Å². The molecule has 35 heavy (non-hydrogen) atoms. The Morgan fingerprint density at radius 2 is 1.89 bits per heavy atom. The highest BCUT2D eigenvalue weighted by Gasteiger charge is 2.37. The van der Waals surface area contributed by atoms with Crippen molar-refractivity contribution in [1.29, 1.82) is 0 Å². The predicted molar refractivity (Wildman–Crippen MR) is 124 cm³/mol. The van der Waals surface area contributed by atoms with Crippen molar-refractivity contribution in [1.82, 2.24) is 19.2 Å². The van der Waals surface area contributed by atoms with Crippen molar-refractivity contribution in [2.45, 2.75) is 25.4 Å². The fourth-order valence-corrected chi connectivity index (χ4v) is 5.02. The predicted octanol–water partition coefficient (Wildman–Crippen LogP) is 0.130. The van der Waals surface area contributed by atoms with Crippen LogP contribution in [0.5, 0.6) is 5.75 Å². The third-order valence-electron chi connectivity index (χ3n) is 6.72. The first-order chi connectivity index (χ1) is 16.8. The van der Waals surface area contributed by atoms with Crippen LogP contribution in [-0.2, 0) is 17.9 Å². The lowest BCUT2D eigenvalue weighted by Gasteiger charge is -2.42. The van der Waals surface area contributed by atoms with Crippen LogP contribution in [-0.4, -0.2) is 50.6 Å². The van der Waals surface area contributed by atoms with Gasteiger partial charge in [0.15, 0.2) is 0 Å². The van der Waals surface area contributed by atoms with E-state index in [9.17, 15) is 24.8 Å². The molecule has 1 amide bonds. The first-order valence-corrected chi connectivity index (χ1v) is 11.3. The molecule has 2 aliphatic heterocycles. The van der Waals surface area contributed by atoms with Crippen LogP contribution in [0.1, 0.15) is 18.0 Å². The third-order valence-corrected chi connectivity index (χ3v) is 6.72. The van der Waals surface area contributed by atoms with Crippen LogP contribution in [0.4, 0.5) is 5.69 Å². The molecule has 11 heteroatoms. The maximum absolute atomic E-state index is 13.2. The highest BCUT2D eigenvalue weighted by Crippen LogP contribution is 2.35. The Morgan fingerprint density at radius 1 is 1.11 bits per heavy atom. The number of benzene rings is 1. The number of quaternary nitrogens is 1. The number of hydrogen-bond acceptors (Lipinski definition) is 7. The van der Waals surface area contributed by atoms with E-state index in [4.69, 9.17) is 4.74 Å². The molecule has 2 aliphatic rings. The van der Waals surface area contributed by atoms with E-state index in [1.165, 1.54) is 21.4 Å². The number of fused-ring (bicyclic) bond motifs is 4. The van der Waals surface area contributed by atoms with Gasteiger partial charge in [-0.2, -0.15) is 10.3 Å². The van der Waals surface area contributed by atoms with Gasteiger partial charge < -0.3 is 19.4 Å². The number of aromatic nitrogens is 3. The molecular formula is C24H25N5O6. The molecule has 0 aliphatic carbocycles. The molecule has 1 aromatic carbocycles. The fourth-order valence-electron chi connectivity index (χ4n) is 5.02. The van der Waals surface area contributed by atoms with Gasteiger partial charge in [0.1, 0.15) is 12.3 Å². The molecule has 3 unspecified atom stereocenters. The van der Waals surface area contributed by atoms with E-state index in [0.29, 0.717) is 31.1 Å². The van der Waals surface area contributed by atoms with Crippen molar-refractivity contribution in [2.24, 2.45) is 5.92 Å². The monoisotopic (exact) mass is 479 g/mol. The van der Waals surface area contributed by atoms with Crippen molar-refractivity contribution >= 4 is 11.6 Å². The number of nitrogens with one attached hydrogen (secondary N) is 1. The highest BCUT2D eigenvalue weighted by atomic mass is 16.8. The summed E-state index contributed by atoms with van der Waals surface area (Å²) in [5, 5.41) is 23.7. The highest BCUT2D eigenvalue weighted by molar-refractivity contribution is 5.76. The summed E-state index contributed by atoms with van der Waals surface area (Å²) >= 11 is 0. The number of pyridine rings is 1. The van der Waals surface area contributed by atoms with Gasteiger partial charge in [-0.25, -0.2) is 9.89 Å². The van der Waals surface area contributed by atoms with Gasteiger partial charge in [0.05, 0.1) is 12.8 Å². The minimum atomic E-state index is -1.24. The summed E-state index contributed by atoms with van der Waals surface area (Å²) in [4.78, 5) is 39.9. The number of carbonyl (C=O) groups is 1. The van der Waals surface area contributed by atoms with E-state index in [1.807, 2.05) is 12.1 Å². The topological polar surface area (TPSA) is 134 Å². The second kappa shape index (κ2) is 9.10. The average Bonchev–Trinajstić information content (AvgIpc) is 2.85. The van der Waals surface area contributed by atoms with Crippen molar-refractivity contribution in [3.05, 3.63) is 80.1 Å². The third kappa shape index (κ3) is 4.36. The van der Waals surface area contributed by atoms with Crippen LogP contribution in [0.2, 0.25) is 0 Å². The molecule has 0 saturated carbocycles. The molecular weight excluding hydrogens is 454 g/mol. The Bertz CT molecular complexity index is 1380. The molecule has 3 aromatic rings. The Hall–Kier alpha value is -3.80. The van der Waals surface area contributed by atoms with Gasteiger partial charge in [0.25, 0.3) is 5.56 Å². The minimum Gasteiger partial charge on any atom is -0.595 e. The van der Waals surface area contributed by atoms with Crippen LogP contribution >= 0.6 is 0 Å². The van der Waals surface area contributed by atoms with Gasteiger partial charge in [-0.15, -0.1) is 0 Å². The molecule has 4 heterocycles. The van der Waals surface area contributed by atoms with Gasteiger partial charge >= 0.3 is 5.56 Å². The summed E-state index contributed by atoms with van der Waals surface area (Å²) < 4.78 is 7.88. The van der Waals surface area contributed by atoms with E-state index in [-0.39, 0.29) is 35.5 Å². The number of amides is 1. The number of rotatable bonds is 5. The number of nitrogens with zero attached hydrogens (tertiary/aromatic N) is 4. The zero-order chi connectivity index (χ0) is 24.7. The van der Waals surface area contributed by atoms with E-state index >= 15 is 0 Å². The second-order valence-corrected chi connectivity index (χ2v) is 8.93. The van der Waals surface area contributed by atoms with Crippen LogP contribution in [0.3, 0.4) is 0 Å². The van der Waals surface area contributed by atoms with E-state index in [0.717, 1.165) is 17.7 Å². The van der Waals surface area contributed by atoms with Gasteiger partial charge in [-0.3, -0.25) is 14.4 Å². The molecule has 2 N–H and O–H groups in total. The molecule has 5 rings (SSSR count). The lowest BCUT2D eigenvalue weighted by atomic mass is 9.83. The number of hydrogen-bond donors (Lipinski definition) is 2. The summed E-state index contributed by atoms with van der Waals surface area (Å²) in [5.74, 6) is 0.439. The lowest BCUT2D eigenvalue weighted by molar-refractivity contribution is -0.992. The van der Waals surface area contributed by atoms with Gasteiger partial charge in [-0.05, 0) is 48.7 Å². The van der Waals surface area contributed by atoms with Crippen LogP contribution in [0.15, 0.2) is 58.1 Å². The number of carbonyl (C=O) groups excluding carboxylic acids is 1. The summed E-state index contributed by atoms with van der Waals surface area (Å²) in [7, 11) is 1.58. The molecule has 0 radical (unpaired) electrons. The SMILES string of the molecule is COc1ccc(-c2ccc(=O)n(CC(=O)N3CC4CC(C3)c3ccc([NH+]([O-])O)c(=O)n3C4)n2)cc1. The first kappa shape index (κ1) is 23.0. The fraction of sp³-hybridized carbons (Fsp3) is 0.333. The summed E-state index contributed by atoms with van der Waals surface area (Å²) in [6, 6.07) is 13.3. The number of likely N-dealkylation sites (tertiary alicyclic amines) is 1. The Labute approximate surface area is 199 Å². The molecule has 3 atom stereocenters. The molecule has 1 saturated heterocycles. The maximum Gasteiger partial charge on any atom is 0.315 e. The largest absolute Gasteiger partial charge is 0.595 e.